The molecule has 0 unspecified atom stereocenters. The van der Waals surface area contributed by atoms with Crippen molar-refractivity contribution < 1.29 is 14.7 Å². The summed E-state index contributed by atoms with van der Waals surface area (Å²) >= 11 is 0. The van der Waals surface area contributed by atoms with Crippen LogP contribution in [0.4, 0.5) is 0 Å². The van der Waals surface area contributed by atoms with Crippen molar-refractivity contribution in [1.82, 2.24) is 15.1 Å². The molecule has 1 aromatic rings. The van der Waals surface area contributed by atoms with Crippen LogP contribution in [0.15, 0.2) is 0 Å². The SMILES string of the molecule is CCCn1nc(C)c(C(=O)N[C@H](CC(C)C)C(=O)O)c1C. The molecule has 0 aliphatic carbocycles. The number of amides is 1. The van der Waals surface area contributed by atoms with Crippen molar-refractivity contribution in [3.05, 3.63) is 17.0 Å². The molecule has 0 aliphatic heterocycles. The van der Waals surface area contributed by atoms with Crippen molar-refractivity contribution in [3.8, 4) is 0 Å². The number of nitrogens with one attached hydrogen (secondary N) is 1. The van der Waals surface area contributed by atoms with Crippen LogP contribution in [0.1, 0.15) is 55.4 Å². The summed E-state index contributed by atoms with van der Waals surface area (Å²) in [6.07, 6.45) is 1.33. The average Bonchev–Trinajstić information content (AvgIpc) is 2.63. The number of carbonyl (C=O) groups is 2. The number of carboxylic acid groups (broad SMARTS) is 1. The van der Waals surface area contributed by atoms with E-state index >= 15 is 0 Å². The molecule has 0 spiro atoms. The van der Waals surface area contributed by atoms with Gasteiger partial charge in [-0.1, -0.05) is 20.8 Å². The van der Waals surface area contributed by atoms with Crippen LogP contribution in [0.5, 0.6) is 0 Å². The molecular weight excluding hydrogens is 270 g/mol. The Labute approximate surface area is 125 Å². The van der Waals surface area contributed by atoms with Crippen molar-refractivity contribution in [2.45, 2.75) is 60.0 Å². The summed E-state index contributed by atoms with van der Waals surface area (Å²) in [7, 11) is 0. The maximum atomic E-state index is 12.4. The maximum Gasteiger partial charge on any atom is 0.326 e. The molecule has 1 aromatic heterocycles. The third-order valence-electron chi connectivity index (χ3n) is 3.35. The Morgan fingerprint density at radius 1 is 1.33 bits per heavy atom. The number of hydrogen-bond donors (Lipinski definition) is 2. The van der Waals surface area contributed by atoms with Crippen molar-refractivity contribution in [2.75, 3.05) is 0 Å². The number of aliphatic carboxylic acids is 1. The second-order valence-electron chi connectivity index (χ2n) is 5.76. The van der Waals surface area contributed by atoms with Gasteiger partial charge in [0, 0.05) is 12.2 Å². The van der Waals surface area contributed by atoms with Crippen molar-refractivity contribution >= 4 is 11.9 Å². The van der Waals surface area contributed by atoms with Gasteiger partial charge in [0.25, 0.3) is 5.91 Å². The predicted molar refractivity (Wildman–Crippen MR) is 80.3 cm³/mol. The fourth-order valence-corrected chi connectivity index (χ4v) is 2.38. The zero-order chi connectivity index (χ0) is 16.2. The smallest absolute Gasteiger partial charge is 0.326 e. The van der Waals surface area contributed by atoms with Gasteiger partial charge in [-0.3, -0.25) is 9.48 Å². The molecule has 1 amide bonds. The molecular formula is C15H25N3O3. The second kappa shape index (κ2) is 7.24. The van der Waals surface area contributed by atoms with Crippen LogP contribution < -0.4 is 5.32 Å². The van der Waals surface area contributed by atoms with E-state index < -0.39 is 12.0 Å². The fraction of sp³-hybridized carbons (Fsp3) is 0.667. The Kier molecular flexibility index (Phi) is 5.93. The van der Waals surface area contributed by atoms with E-state index in [9.17, 15) is 14.7 Å². The Morgan fingerprint density at radius 3 is 2.43 bits per heavy atom. The zero-order valence-electron chi connectivity index (χ0n) is 13.4. The van der Waals surface area contributed by atoms with Crippen LogP contribution in [0.3, 0.4) is 0 Å². The maximum absolute atomic E-state index is 12.4. The van der Waals surface area contributed by atoms with Crippen LogP contribution >= 0.6 is 0 Å². The van der Waals surface area contributed by atoms with Gasteiger partial charge in [0.05, 0.1) is 11.3 Å². The Bertz CT molecular complexity index is 520. The quantitative estimate of drug-likeness (QED) is 0.807. The minimum absolute atomic E-state index is 0.191. The van der Waals surface area contributed by atoms with E-state index in [2.05, 4.69) is 10.4 Å². The lowest BCUT2D eigenvalue weighted by atomic mass is 10.0. The molecule has 1 rings (SSSR count). The first-order chi connectivity index (χ1) is 9.77. The van der Waals surface area contributed by atoms with Gasteiger partial charge in [0.1, 0.15) is 6.04 Å². The molecule has 0 saturated carbocycles. The van der Waals surface area contributed by atoms with Crippen LogP contribution in [0.2, 0.25) is 0 Å². The van der Waals surface area contributed by atoms with Gasteiger partial charge in [0.15, 0.2) is 0 Å². The van der Waals surface area contributed by atoms with Gasteiger partial charge < -0.3 is 10.4 Å². The molecule has 2 N–H and O–H groups in total. The lowest BCUT2D eigenvalue weighted by molar-refractivity contribution is -0.139. The summed E-state index contributed by atoms with van der Waals surface area (Å²) < 4.78 is 1.79. The molecule has 6 heteroatoms. The van der Waals surface area contributed by atoms with Gasteiger partial charge in [-0.25, -0.2) is 4.79 Å². The summed E-state index contributed by atoms with van der Waals surface area (Å²) in [5, 5.41) is 16.2. The summed E-state index contributed by atoms with van der Waals surface area (Å²) in [5.74, 6) is -1.18. The normalized spacial score (nSPS) is 12.5. The predicted octanol–water partition coefficient (Wildman–Crippen LogP) is 2.14. The lowest BCUT2D eigenvalue weighted by Crippen LogP contribution is -2.42. The standard InChI is InChI=1S/C15H25N3O3/c1-6-7-18-11(5)13(10(4)17-18)14(19)16-12(15(20)21)8-9(2)3/h9,12H,6-8H2,1-5H3,(H,16,19)(H,20,21)/t12-/m1/s1. The van der Waals surface area contributed by atoms with Crippen LogP contribution in [-0.2, 0) is 11.3 Å². The van der Waals surface area contributed by atoms with Gasteiger partial charge in [-0.15, -0.1) is 0 Å². The number of carboxylic acids is 1. The van der Waals surface area contributed by atoms with Crippen molar-refractivity contribution in [2.24, 2.45) is 5.92 Å². The molecule has 1 heterocycles. The van der Waals surface area contributed by atoms with Crippen molar-refractivity contribution in [1.29, 1.82) is 0 Å². The molecule has 1 atom stereocenters. The fourth-order valence-electron chi connectivity index (χ4n) is 2.38. The molecule has 21 heavy (non-hydrogen) atoms. The minimum atomic E-state index is -1.01. The molecule has 0 fully saturated rings. The van der Waals surface area contributed by atoms with Gasteiger partial charge >= 0.3 is 5.97 Å². The monoisotopic (exact) mass is 295 g/mol. The van der Waals surface area contributed by atoms with E-state index in [1.54, 1.807) is 11.6 Å². The number of aryl methyl sites for hydroxylation is 2. The van der Waals surface area contributed by atoms with E-state index in [0.29, 0.717) is 17.7 Å². The largest absolute Gasteiger partial charge is 0.480 e. The van der Waals surface area contributed by atoms with Crippen LogP contribution in [-0.4, -0.2) is 32.8 Å². The van der Waals surface area contributed by atoms with E-state index in [1.165, 1.54) is 0 Å². The van der Waals surface area contributed by atoms with E-state index in [1.807, 2.05) is 27.7 Å². The molecule has 6 nitrogen and oxygen atoms in total. The summed E-state index contributed by atoms with van der Waals surface area (Å²) in [6.45, 7) is 10.2. The highest BCUT2D eigenvalue weighted by atomic mass is 16.4. The highest BCUT2D eigenvalue weighted by Gasteiger charge is 2.25. The van der Waals surface area contributed by atoms with E-state index in [0.717, 1.165) is 18.7 Å². The van der Waals surface area contributed by atoms with E-state index in [4.69, 9.17) is 0 Å². The highest BCUT2D eigenvalue weighted by molar-refractivity contribution is 5.98. The number of aromatic nitrogens is 2. The minimum Gasteiger partial charge on any atom is -0.480 e. The third-order valence-corrected chi connectivity index (χ3v) is 3.35. The summed E-state index contributed by atoms with van der Waals surface area (Å²) in [5.41, 5.74) is 1.89. The van der Waals surface area contributed by atoms with Crippen molar-refractivity contribution in [3.63, 3.8) is 0 Å². The number of nitrogens with zero attached hydrogens (tertiary/aromatic N) is 2. The Hall–Kier alpha value is -1.85. The molecule has 0 saturated heterocycles. The Balaban J connectivity index is 2.95. The average molecular weight is 295 g/mol. The van der Waals surface area contributed by atoms with Crippen LogP contribution in [0.25, 0.3) is 0 Å². The van der Waals surface area contributed by atoms with Gasteiger partial charge in [0.2, 0.25) is 0 Å². The Morgan fingerprint density at radius 2 is 1.95 bits per heavy atom. The number of carbonyl (C=O) groups excluding carboxylic acids is 1. The number of rotatable bonds is 7. The van der Waals surface area contributed by atoms with Crippen LogP contribution in [0, 0.1) is 19.8 Å². The lowest BCUT2D eigenvalue weighted by Gasteiger charge is -2.16. The van der Waals surface area contributed by atoms with Gasteiger partial charge in [-0.05, 0) is 32.6 Å². The summed E-state index contributed by atoms with van der Waals surface area (Å²) in [4.78, 5) is 23.6. The third kappa shape index (κ3) is 4.31. The van der Waals surface area contributed by atoms with Gasteiger partial charge in [-0.2, -0.15) is 5.10 Å². The summed E-state index contributed by atoms with van der Waals surface area (Å²) in [6, 6.07) is -0.870. The first-order valence-corrected chi connectivity index (χ1v) is 7.35. The first-order valence-electron chi connectivity index (χ1n) is 7.35. The van der Waals surface area contributed by atoms with E-state index in [-0.39, 0.29) is 11.8 Å². The second-order valence-corrected chi connectivity index (χ2v) is 5.76. The topological polar surface area (TPSA) is 84.2 Å². The first kappa shape index (κ1) is 17.2. The molecule has 0 aliphatic rings. The number of hydrogen-bond acceptors (Lipinski definition) is 3. The molecule has 0 aromatic carbocycles. The molecule has 118 valence electrons. The highest BCUT2D eigenvalue weighted by Crippen LogP contribution is 2.14. The molecule has 0 bridgehead atoms. The molecule has 0 radical (unpaired) electrons. The zero-order valence-corrected chi connectivity index (χ0v) is 13.4.